The minimum atomic E-state index is -0.258. The van der Waals surface area contributed by atoms with E-state index in [1.54, 1.807) is 13.8 Å². The number of carbonyl (C=O) groups is 2. The van der Waals surface area contributed by atoms with Crippen molar-refractivity contribution in [2.45, 2.75) is 58.3 Å². The minimum absolute atomic E-state index is 0.202. The first kappa shape index (κ1) is 17.5. The van der Waals surface area contributed by atoms with E-state index in [0.717, 1.165) is 11.1 Å². The van der Waals surface area contributed by atoms with Gasteiger partial charge in [-0.2, -0.15) is 0 Å². The van der Waals surface area contributed by atoms with Crippen LogP contribution >= 0.6 is 0 Å². The van der Waals surface area contributed by atoms with E-state index in [-0.39, 0.29) is 24.8 Å². The van der Waals surface area contributed by atoms with Crippen molar-refractivity contribution in [2.75, 3.05) is 13.2 Å². The van der Waals surface area contributed by atoms with Crippen LogP contribution in [0.5, 0.6) is 0 Å². The summed E-state index contributed by atoms with van der Waals surface area (Å²) in [6, 6.07) is 6.15. The lowest BCUT2D eigenvalue weighted by molar-refractivity contribution is -0.143. The van der Waals surface area contributed by atoms with Crippen LogP contribution in [0.3, 0.4) is 0 Å². The Labute approximate surface area is 138 Å². The molecule has 0 radical (unpaired) electrons. The van der Waals surface area contributed by atoms with Gasteiger partial charge in [-0.3, -0.25) is 9.59 Å². The van der Waals surface area contributed by atoms with Crippen molar-refractivity contribution in [1.29, 1.82) is 0 Å². The molecule has 0 amide bonds. The van der Waals surface area contributed by atoms with Crippen molar-refractivity contribution in [3.8, 4) is 0 Å². The molecule has 1 aromatic carbocycles. The number of benzene rings is 1. The lowest BCUT2D eigenvalue weighted by Gasteiger charge is -2.15. The number of hydrogen-bond donors (Lipinski definition) is 0. The second-order valence-electron chi connectivity index (χ2n) is 5.97. The average molecular weight is 318 g/mol. The molecule has 0 saturated heterocycles. The summed E-state index contributed by atoms with van der Waals surface area (Å²) in [5, 5.41) is 0. The lowest BCUT2D eigenvalue weighted by atomic mass is 9.91. The Hall–Kier alpha value is -1.84. The Balaban J connectivity index is 2.20. The van der Waals surface area contributed by atoms with E-state index >= 15 is 0 Å². The van der Waals surface area contributed by atoms with Gasteiger partial charge >= 0.3 is 11.9 Å². The molecule has 1 aliphatic rings. The molecule has 2 rings (SSSR count). The van der Waals surface area contributed by atoms with Crippen LogP contribution in [0.15, 0.2) is 18.2 Å². The molecule has 0 unspecified atom stereocenters. The van der Waals surface area contributed by atoms with Crippen LogP contribution in [0.1, 0.15) is 62.1 Å². The summed E-state index contributed by atoms with van der Waals surface area (Å²) in [5.41, 5.74) is 3.02. The Morgan fingerprint density at radius 3 is 2.09 bits per heavy atom. The standard InChI is InChI=1S/C19H26O4/c1-3-22-18(20)12-16-10-9-15(14-7-5-6-8-14)11-17(16)13-19(21)23-4-2/h9-11,14H,3-8,12-13H2,1-2H3. The Morgan fingerprint density at radius 1 is 0.957 bits per heavy atom. The zero-order valence-electron chi connectivity index (χ0n) is 14.1. The van der Waals surface area contributed by atoms with Gasteiger partial charge in [0.25, 0.3) is 0 Å². The molecule has 23 heavy (non-hydrogen) atoms. The number of hydrogen-bond acceptors (Lipinski definition) is 4. The van der Waals surface area contributed by atoms with Crippen molar-refractivity contribution in [3.63, 3.8) is 0 Å². The van der Waals surface area contributed by atoms with E-state index < -0.39 is 0 Å². The molecule has 0 aliphatic heterocycles. The van der Waals surface area contributed by atoms with Crippen molar-refractivity contribution in [2.24, 2.45) is 0 Å². The second kappa shape index (κ2) is 8.70. The summed E-state index contributed by atoms with van der Waals surface area (Å²) in [4.78, 5) is 23.6. The Morgan fingerprint density at radius 2 is 1.52 bits per heavy atom. The second-order valence-corrected chi connectivity index (χ2v) is 5.97. The number of ether oxygens (including phenoxy) is 2. The Bertz CT molecular complexity index is 544. The third kappa shape index (κ3) is 5.08. The van der Waals surface area contributed by atoms with Gasteiger partial charge in [-0.05, 0) is 49.3 Å². The van der Waals surface area contributed by atoms with E-state index in [0.29, 0.717) is 19.1 Å². The van der Waals surface area contributed by atoms with Gasteiger partial charge in [0.05, 0.1) is 26.1 Å². The molecule has 0 N–H and O–H groups in total. The van der Waals surface area contributed by atoms with E-state index in [1.165, 1.54) is 31.2 Å². The number of carbonyl (C=O) groups excluding carboxylic acids is 2. The van der Waals surface area contributed by atoms with Crippen LogP contribution < -0.4 is 0 Å². The fourth-order valence-electron chi connectivity index (χ4n) is 3.23. The molecule has 1 saturated carbocycles. The molecule has 4 nitrogen and oxygen atoms in total. The zero-order valence-corrected chi connectivity index (χ0v) is 14.1. The highest BCUT2D eigenvalue weighted by Gasteiger charge is 2.20. The number of esters is 2. The molecular weight excluding hydrogens is 292 g/mol. The first-order valence-electron chi connectivity index (χ1n) is 8.57. The molecular formula is C19H26O4. The summed E-state index contributed by atoms with van der Waals surface area (Å²) < 4.78 is 10.1. The quantitative estimate of drug-likeness (QED) is 0.721. The van der Waals surface area contributed by atoms with Crippen LogP contribution in [-0.4, -0.2) is 25.2 Å². The third-order valence-corrected chi connectivity index (χ3v) is 4.34. The molecule has 0 spiro atoms. The zero-order chi connectivity index (χ0) is 16.7. The predicted octanol–water partition coefficient (Wildman–Crippen LogP) is 3.56. The van der Waals surface area contributed by atoms with Gasteiger partial charge in [-0.1, -0.05) is 31.0 Å². The summed E-state index contributed by atoms with van der Waals surface area (Å²) in [7, 11) is 0. The van der Waals surface area contributed by atoms with E-state index in [4.69, 9.17) is 9.47 Å². The van der Waals surface area contributed by atoms with Crippen molar-refractivity contribution < 1.29 is 19.1 Å². The normalized spacial score (nSPS) is 14.7. The summed E-state index contributed by atoms with van der Waals surface area (Å²) >= 11 is 0. The highest BCUT2D eigenvalue weighted by Crippen LogP contribution is 2.35. The van der Waals surface area contributed by atoms with Gasteiger partial charge in [0, 0.05) is 0 Å². The van der Waals surface area contributed by atoms with E-state index in [2.05, 4.69) is 12.1 Å². The molecule has 0 heterocycles. The van der Waals surface area contributed by atoms with E-state index in [1.807, 2.05) is 6.07 Å². The predicted molar refractivity (Wildman–Crippen MR) is 88.3 cm³/mol. The molecule has 126 valence electrons. The Kier molecular flexibility index (Phi) is 6.63. The minimum Gasteiger partial charge on any atom is -0.466 e. The summed E-state index contributed by atoms with van der Waals surface area (Å²) in [6.07, 6.45) is 5.35. The van der Waals surface area contributed by atoms with Gasteiger partial charge in [0.2, 0.25) is 0 Å². The first-order chi connectivity index (χ1) is 11.1. The summed E-state index contributed by atoms with van der Waals surface area (Å²) in [5.74, 6) is 0.0694. The third-order valence-electron chi connectivity index (χ3n) is 4.34. The monoisotopic (exact) mass is 318 g/mol. The maximum Gasteiger partial charge on any atom is 0.310 e. The van der Waals surface area contributed by atoms with Gasteiger partial charge in [0.1, 0.15) is 0 Å². The number of rotatable bonds is 7. The topological polar surface area (TPSA) is 52.6 Å². The highest BCUT2D eigenvalue weighted by molar-refractivity contribution is 5.76. The van der Waals surface area contributed by atoms with Crippen molar-refractivity contribution in [1.82, 2.24) is 0 Å². The average Bonchev–Trinajstić information content (AvgIpc) is 3.04. The van der Waals surface area contributed by atoms with Gasteiger partial charge in [0.15, 0.2) is 0 Å². The van der Waals surface area contributed by atoms with Crippen LogP contribution in [0, 0.1) is 0 Å². The maximum atomic E-state index is 11.9. The van der Waals surface area contributed by atoms with E-state index in [9.17, 15) is 9.59 Å². The molecule has 0 bridgehead atoms. The lowest BCUT2D eigenvalue weighted by Crippen LogP contribution is -2.13. The fourth-order valence-corrected chi connectivity index (χ4v) is 3.23. The first-order valence-corrected chi connectivity index (χ1v) is 8.57. The van der Waals surface area contributed by atoms with Gasteiger partial charge in [-0.25, -0.2) is 0 Å². The van der Waals surface area contributed by atoms with Crippen LogP contribution in [0.25, 0.3) is 0 Å². The molecule has 1 aliphatic carbocycles. The van der Waals surface area contributed by atoms with Crippen LogP contribution in [0.4, 0.5) is 0 Å². The highest BCUT2D eigenvalue weighted by atomic mass is 16.5. The SMILES string of the molecule is CCOC(=O)Cc1ccc(C2CCCC2)cc1CC(=O)OCC. The molecule has 1 aromatic rings. The maximum absolute atomic E-state index is 11.9. The van der Waals surface area contributed by atoms with Crippen LogP contribution in [0.2, 0.25) is 0 Å². The van der Waals surface area contributed by atoms with Crippen molar-refractivity contribution in [3.05, 3.63) is 34.9 Å². The molecule has 0 aromatic heterocycles. The largest absolute Gasteiger partial charge is 0.466 e. The molecule has 4 heteroatoms. The molecule has 1 fully saturated rings. The summed E-state index contributed by atoms with van der Waals surface area (Å²) in [6.45, 7) is 4.33. The van der Waals surface area contributed by atoms with Crippen LogP contribution in [-0.2, 0) is 31.9 Å². The van der Waals surface area contributed by atoms with Gasteiger partial charge in [-0.15, -0.1) is 0 Å². The molecule has 0 atom stereocenters. The van der Waals surface area contributed by atoms with Gasteiger partial charge < -0.3 is 9.47 Å². The van der Waals surface area contributed by atoms with Crippen molar-refractivity contribution >= 4 is 11.9 Å². The smallest absolute Gasteiger partial charge is 0.310 e. The fraction of sp³-hybridized carbons (Fsp3) is 0.579.